The molecule has 1 aliphatic rings. The third-order valence-electron chi connectivity index (χ3n) is 3.53. The highest BCUT2D eigenvalue weighted by atomic mass is 32.1. The number of nitrogens with two attached hydrogens (primary N) is 2. The van der Waals surface area contributed by atoms with Crippen molar-refractivity contribution in [2.24, 2.45) is 11.1 Å². The van der Waals surface area contributed by atoms with Crippen LogP contribution in [0.5, 0.6) is 0 Å². The van der Waals surface area contributed by atoms with Gasteiger partial charge < -0.3 is 16.2 Å². The van der Waals surface area contributed by atoms with Gasteiger partial charge in [0.15, 0.2) is 5.78 Å². The Balaban J connectivity index is 2.33. The fourth-order valence-electron chi connectivity index (χ4n) is 2.45. The van der Waals surface area contributed by atoms with Crippen molar-refractivity contribution < 1.29 is 23.1 Å². The molecular formula is C13H13F2N3O3S. The van der Waals surface area contributed by atoms with Gasteiger partial charge in [-0.2, -0.15) is 5.26 Å². The number of fused-ring (bicyclic) bond motifs is 1. The Bertz CT molecular complexity index is 668. The number of hydrogen-bond acceptors (Lipinski definition) is 6. The summed E-state index contributed by atoms with van der Waals surface area (Å²) in [4.78, 5) is 24.1. The van der Waals surface area contributed by atoms with Gasteiger partial charge in [0.2, 0.25) is 0 Å². The maximum Gasteiger partial charge on any atom is 0.261 e. The second kappa shape index (κ2) is 5.98. The van der Waals surface area contributed by atoms with Crippen LogP contribution >= 0.6 is 11.3 Å². The molecule has 1 aliphatic carbocycles. The van der Waals surface area contributed by atoms with Gasteiger partial charge in [0.25, 0.3) is 12.3 Å². The van der Waals surface area contributed by atoms with Gasteiger partial charge in [0, 0.05) is 0 Å². The predicted octanol–water partition coefficient (Wildman–Crippen LogP) is 1.35. The van der Waals surface area contributed by atoms with Crippen LogP contribution in [0.15, 0.2) is 0 Å². The minimum absolute atomic E-state index is 0.0645. The van der Waals surface area contributed by atoms with E-state index in [0.717, 1.165) is 11.3 Å². The molecule has 22 heavy (non-hydrogen) atoms. The molecule has 1 atom stereocenters. The van der Waals surface area contributed by atoms with Crippen molar-refractivity contribution in [2.45, 2.75) is 19.3 Å². The zero-order chi connectivity index (χ0) is 16.5. The van der Waals surface area contributed by atoms with Crippen molar-refractivity contribution in [1.82, 2.24) is 0 Å². The van der Waals surface area contributed by atoms with Gasteiger partial charge in [-0.3, -0.25) is 9.59 Å². The van der Waals surface area contributed by atoms with E-state index in [-0.39, 0.29) is 28.3 Å². The average molecular weight is 329 g/mol. The summed E-state index contributed by atoms with van der Waals surface area (Å²) in [7, 11) is 0. The smallest absolute Gasteiger partial charge is 0.261 e. The first kappa shape index (κ1) is 16.3. The summed E-state index contributed by atoms with van der Waals surface area (Å²) in [5.41, 5.74) is 9.95. The van der Waals surface area contributed by atoms with Gasteiger partial charge in [0.1, 0.15) is 12.0 Å². The lowest BCUT2D eigenvalue weighted by Crippen LogP contribution is -2.39. The van der Waals surface area contributed by atoms with Crippen LogP contribution in [0.3, 0.4) is 0 Å². The molecule has 0 spiro atoms. The minimum atomic E-state index is -2.68. The Morgan fingerprint density at radius 3 is 2.77 bits per heavy atom. The molecule has 0 bridgehead atoms. The molecule has 0 fully saturated rings. The largest absolute Gasteiger partial charge is 0.390 e. The summed E-state index contributed by atoms with van der Waals surface area (Å²) in [5.74, 6) is -1.30. The summed E-state index contributed by atoms with van der Waals surface area (Å²) < 4.78 is 29.1. The van der Waals surface area contributed by atoms with E-state index in [1.54, 1.807) is 0 Å². The van der Waals surface area contributed by atoms with E-state index in [2.05, 4.69) is 0 Å². The highest BCUT2D eigenvalue weighted by molar-refractivity contribution is 7.18. The monoisotopic (exact) mass is 329 g/mol. The highest BCUT2D eigenvalue weighted by Gasteiger charge is 2.46. The lowest BCUT2D eigenvalue weighted by Gasteiger charge is -2.28. The Morgan fingerprint density at radius 2 is 2.23 bits per heavy atom. The second-order valence-corrected chi connectivity index (χ2v) is 5.99. The van der Waals surface area contributed by atoms with Crippen molar-refractivity contribution in [2.75, 3.05) is 18.9 Å². The lowest BCUT2D eigenvalue weighted by atomic mass is 9.74. The molecule has 1 heterocycles. The summed E-state index contributed by atoms with van der Waals surface area (Å²) in [6, 6.07) is 1.87. The Kier molecular flexibility index (Phi) is 4.44. The SMILES string of the molecule is N#CC1(COCC(F)F)CCc2c(sc(N)c2C(N)=O)C1=O. The third-order valence-corrected chi connectivity index (χ3v) is 4.59. The maximum absolute atomic E-state index is 12.5. The van der Waals surface area contributed by atoms with Crippen molar-refractivity contribution in [1.29, 1.82) is 5.26 Å². The molecular weight excluding hydrogens is 316 g/mol. The summed E-state index contributed by atoms with van der Waals surface area (Å²) in [6.45, 7) is -1.27. The van der Waals surface area contributed by atoms with Crippen LogP contribution in [0.2, 0.25) is 0 Å². The number of anilines is 1. The molecule has 118 valence electrons. The summed E-state index contributed by atoms with van der Waals surface area (Å²) in [6.07, 6.45) is -2.38. The number of halogens is 2. The molecule has 2 rings (SSSR count). The number of ether oxygens (including phenoxy) is 1. The molecule has 1 aromatic rings. The molecule has 1 amide bonds. The standard InChI is InChI=1S/C13H13F2N3O3S/c14-7(15)3-21-5-13(4-16)2-1-6-8(11(17)20)12(18)22-9(6)10(13)19/h7H,1-3,5,18H2,(H2,17,20). The van der Waals surface area contributed by atoms with E-state index >= 15 is 0 Å². The number of Topliss-reactive ketones (excluding diaryl/α,β-unsaturated/α-hetero) is 1. The number of rotatable bonds is 5. The van der Waals surface area contributed by atoms with Gasteiger partial charge in [-0.15, -0.1) is 11.3 Å². The van der Waals surface area contributed by atoms with Crippen molar-refractivity contribution >= 4 is 28.0 Å². The summed E-state index contributed by atoms with van der Waals surface area (Å²) >= 11 is 0.883. The number of hydrogen-bond donors (Lipinski definition) is 2. The number of carbonyl (C=O) groups excluding carboxylic acids is 2. The fraction of sp³-hybridized carbons (Fsp3) is 0.462. The van der Waals surface area contributed by atoms with Crippen LogP contribution in [-0.4, -0.2) is 31.3 Å². The number of nitriles is 1. The third kappa shape index (κ3) is 2.67. The number of primary amides is 1. The second-order valence-electron chi connectivity index (χ2n) is 4.94. The Hall–Kier alpha value is -2.05. The van der Waals surface area contributed by atoms with Gasteiger partial charge in [-0.25, -0.2) is 8.78 Å². The number of alkyl halides is 2. The first-order valence-electron chi connectivity index (χ1n) is 6.35. The minimum Gasteiger partial charge on any atom is -0.390 e. The van der Waals surface area contributed by atoms with E-state index in [9.17, 15) is 23.6 Å². The van der Waals surface area contributed by atoms with E-state index in [4.69, 9.17) is 16.2 Å². The molecule has 1 aromatic heterocycles. The van der Waals surface area contributed by atoms with Crippen molar-refractivity contribution in [3.63, 3.8) is 0 Å². The molecule has 0 radical (unpaired) electrons. The predicted molar refractivity (Wildman–Crippen MR) is 74.8 cm³/mol. The molecule has 0 aromatic carbocycles. The van der Waals surface area contributed by atoms with Gasteiger partial charge in [-0.05, 0) is 18.4 Å². The van der Waals surface area contributed by atoms with Crippen LogP contribution in [0.1, 0.15) is 32.0 Å². The number of thiophene rings is 1. The van der Waals surface area contributed by atoms with E-state index in [0.29, 0.717) is 5.56 Å². The topological polar surface area (TPSA) is 119 Å². The first-order valence-corrected chi connectivity index (χ1v) is 7.17. The molecule has 0 saturated heterocycles. The highest BCUT2D eigenvalue weighted by Crippen LogP contribution is 2.42. The number of ketones is 1. The van der Waals surface area contributed by atoms with Crippen LogP contribution in [-0.2, 0) is 11.2 Å². The van der Waals surface area contributed by atoms with Crippen LogP contribution in [0.4, 0.5) is 13.8 Å². The molecule has 0 aliphatic heterocycles. The maximum atomic E-state index is 12.5. The number of nitrogen functional groups attached to an aromatic ring is 1. The summed E-state index contributed by atoms with van der Waals surface area (Å²) in [5, 5.41) is 9.45. The molecule has 4 N–H and O–H groups in total. The Labute approximate surface area is 128 Å². The van der Waals surface area contributed by atoms with Gasteiger partial charge in [-0.1, -0.05) is 0 Å². The number of amides is 1. The van der Waals surface area contributed by atoms with E-state index < -0.39 is 36.7 Å². The van der Waals surface area contributed by atoms with Crippen molar-refractivity contribution in [3.05, 3.63) is 16.0 Å². The number of nitrogens with zero attached hydrogens (tertiary/aromatic N) is 1. The molecule has 0 saturated carbocycles. The normalized spacial score (nSPS) is 20.7. The number of carbonyl (C=O) groups is 2. The lowest BCUT2D eigenvalue weighted by molar-refractivity contribution is -0.00720. The van der Waals surface area contributed by atoms with Gasteiger partial charge in [0.05, 0.1) is 28.1 Å². The first-order chi connectivity index (χ1) is 10.3. The van der Waals surface area contributed by atoms with E-state index in [1.165, 1.54) is 0 Å². The van der Waals surface area contributed by atoms with Gasteiger partial charge >= 0.3 is 0 Å². The van der Waals surface area contributed by atoms with Crippen LogP contribution in [0.25, 0.3) is 0 Å². The molecule has 6 nitrogen and oxygen atoms in total. The fourth-order valence-corrected chi connectivity index (χ4v) is 3.61. The van der Waals surface area contributed by atoms with Crippen LogP contribution < -0.4 is 11.5 Å². The zero-order valence-corrected chi connectivity index (χ0v) is 12.2. The average Bonchev–Trinajstić information content (AvgIpc) is 2.78. The quantitative estimate of drug-likeness (QED) is 0.845. The molecule has 9 heteroatoms. The van der Waals surface area contributed by atoms with E-state index in [1.807, 2.05) is 6.07 Å². The zero-order valence-electron chi connectivity index (χ0n) is 11.4. The molecule has 1 unspecified atom stereocenters. The van der Waals surface area contributed by atoms with Crippen LogP contribution in [0, 0.1) is 16.7 Å². The van der Waals surface area contributed by atoms with Crippen molar-refractivity contribution in [3.8, 4) is 6.07 Å². The Morgan fingerprint density at radius 1 is 1.55 bits per heavy atom.